The number of hydrogen-bond acceptors (Lipinski definition) is 5. The first-order valence-electron chi connectivity index (χ1n) is 12.5. The van der Waals surface area contributed by atoms with E-state index in [2.05, 4.69) is 16.0 Å². The molecule has 9 nitrogen and oxygen atoms in total. The number of aromatic amines is 1. The van der Waals surface area contributed by atoms with E-state index in [4.69, 9.17) is 9.47 Å². The molecule has 4 heterocycles. The summed E-state index contributed by atoms with van der Waals surface area (Å²) in [6.45, 7) is 1.31. The number of carbonyl (C=O) groups is 2. The molecule has 2 atom stereocenters. The van der Waals surface area contributed by atoms with Crippen molar-refractivity contribution >= 4 is 22.7 Å². The molecular formula is C28H29N5O4. The van der Waals surface area contributed by atoms with E-state index < -0.39 is 12.1 Å². The molecule has 1 fully saturated rings. The van der Waals surface area contributed by atoms with Crippen molar-refractivity contribution < 1.29 is 19.1 Å². The van der Waals surface area contributed by atoms with Gasteiger partial charge in [-0.3, -0.25) is 9.59 Å². The van der Waals surface area contributed by atoms with Crippen LogP contribution >= 0.6 is 0 Å². The fourth-order valence-electron chi connectivity index (χ4n) is 5.83. The van der Waals surface area contributed by atoms with Crippen molar-refractivity contribution in [1.82, 2.24) is 24.3 Å². The van der Waals surface area contributed by atoms with E-state index in [1.54, 1.807) is 36.5 Å². The molecule has 1 unspecified atom stereocenters. The zero-order valence-electron chi connectivity index (χ0n) is 20.9. The number of aryl methyl sites for hydroxylation is 1. The Kier molecular flexibility index (Phi) is 5.82. The lowest BCUT2D eigenvalue weighted by Crippen LogP contribution is -2.63. The molecule has 0 bridgehead atoms. The topological polar surface area (TPSA) is 92.7 Å². The minimum atomic E-state index is -0.595. The van der Waals surface area contributed by atoms with Crippen LogP contribution in [-0.2, 0) is 22.6 Å². The molecule has 2 aromatic carbocycles. The SMILES string of the molecule is COc1cccc(C2c3[nH]c4ccccc4c3C[C@@H]3C(=O)N(CCCn4ccnc4)CC(=O)N23)c1OC. The van der Waals surface area contributed by atoms with Crippen molar-refractivity contribution in [2.75, 3.05) is 27.3 Å². The number of fused-ring (bicyclic) bond motifs is 4. The van der Waals surface area contributed by atoms with Gasteiger partial charge >= 0.3 is 0 Å². The van der Waals surface area contributed by atoms with Crippen LogP contribution in [0.5, 0.6) is 11.5 Å². The molecule has 1 N–H and O–H groups in total. The van der Waals surface area contributed by atoms with Crippen molar-refractivity contribution in [3.8, 4) is 11.5 Å². The number of ether oxygens (including phenoxy) is 2. The lowest BCUT2D eigenvalue weighted by Gasteiger charge is -2.47. The number of para-hydroxylation sites is 2. The van der Waals surface area contributed by atoms with Crippen LogP contribution in [0.3, 0.4) is 0 Å². The van der Waals surface area contributed by atoms with Gasteiger partial charge in [-0.05, 0) is 24.1 Å². The number of benzene rings is 2. The van der Waals surface area contributed by atoms with Gasteiger partial charge in [0.2, 0.25) is 11.8 Å². The zero-order valence-corrected chi connectivity index (χ0v) is 20.9. The van der Waals surface area contributed by atoms with Crippen molar-refractivity contribution in [1.29, 1.82) is 0 Å². The minimum absolute atomic E-state index is 0.0203. The largest absolute Gasteiger partial charge is 0.493 e. The van der Waals surface area contributed by atoms with Crippen LogP contribution in [0.4, 0.5) is 0 Å². The van der Waals surface area contributed by atoms with E-state index in [0.717, 1.165) is 40.7 Å². The second kappa shape index (κ2) is 9.31. The summed E-state index contributed by atoms with van der Waals surface area (Å²) in [5.41, 5.74) is 3.75. The first-order valence-corrected chi connectivity index (χ1v) is 12.5. The summed E-state index contributed by atoms with van der Waals surface area (Å²) in [4.78, 5) is 38.7. The molecule has 2 aliphatic heterocycles. The Labute approximate surface area is 214 Å². The van der Waals surface area contributed by atoms with E-state index in [1.165, 1.54) is 0 Å². The number of amides is 2. The molecule has 37 heavy (non-hydrogen) atoms. The zero-order chi connectivity index (χ0) is 25.5. The van der Waals surface area contributed by atoms with Gasteiger partial charge in [-0.15, -0.1) is 0 Å². The van der Waals surface area contributed by atoms with E-state index >= 15 is 0 Å². The number of methoxy groups -OCH3 is 2. The Hall–Kier alpha value is -4.27. The molecular weight excluding hydrogens is 470 g/mol. The standard InChI is InChI=1S/C28H29N5O4/c1-36-23-10-5-8-19(27(23)37-2)26-25-20(18-7-3-4-9-21(18)30-25)15-22-28(35)32(16-24(34)33(22)26)13-6-12-31-14-11-29-17-31/h3-5,7-11,14,17,22,26,30H,6,12-13,15-16H2,1-2H3/t22-,26?/m1/s1. The van der Waals surface area contributed by atoms with Gasteiger partial charge in [0.1, 0.15) is 12.1 Å². The molecule has 0 saturated carbocycles. The number of nitrogens with one attached hydrogen (secondary N) is 1. The third kappa shape index (κ3) is 3.82. The Morgan fingerprint density at radius 1 is 1.05 bits per heavy atom. The van der Waals surface area contributed by atoms with Crippen LogP contribution in [0.2, 0.25) is 0 Å². The first-order chi connectivity index (χ1) is 18.1. The van der Waals surface area contributed by atoms with Gasteiger partial charge in [-0.2, -0.15) is 0 Å². The van der Waals surface area contributed by atoms with Gasteiger partial charge in [0.25, 0.3) is 0 Å². The number of nitrogens with zero attached hydrogens (tertiary/aromatic N) is 4. The fourth-order valence-corrected chi connectivity index (χ4v) is 5.83. The maximum atomic E-state index is 13.9. The summed E-state index contributed by atoms with van der Waals surface area (Å²) in [6.07, 6.45) is 6.60. The number of piperazine rings is 1. The molecule has 9 heteroatoms. The average Bonchev–Trinajstić information content (AvgIpc) is 3.57. The van der Waals surface area contributed by atoms with Crippen LogP contribution in [0.1, 0.15) is 29.3 Å². The van der Waals surface area contributed by atoms with E-state index in [9.17, 15) is 9.59 Å². The Morgan fingerprint density at radius 3 is 2.70 bits per heavy atom. The molecule has 2 amide bonds. The van der Waals surface area contributed by atoms with Crippen LogP contribution in [-0.4, -0.2) is 69.5 Å². The molecule has 1 saturated heterocycles. The van der Waals surface area contributed by atoms with Crippen molar-refractivity contribution in [2.45, 2.75) is 31.5 Å². The molecule has 2 aromatic heterocycles. The van der Waals surface area contributed by atoms with Gasteiger partial charge in [-0.25, -0.2) is 4.98 Å². The number of imidazole rings is 1. The van der Waals surface area contributed by atoms with Gasteiger partial charge in [0.15, 0.2) is 11.5 Å². The average molecular weight is 500 g/mol. The van der Waals surface area contributed by atoms with E-state index in [1.807, 2.05) is 47.2 Å². The molecule has 6 rings (SSSR count). The lowest BCUT2D eigenvalue weighted by atomic mass is 9.85. The van der Waals surface area contributed by atoms with Crippen LogP contribution in [0.15, 0.2) is 61.2 Å². The fraction of sp³-hybridized carbons (Fsp3) is 0.321. The molecule has 0 radical (unpaired) electrons. The minimum Gasteiger partial charge on any atom is -0.493 e. The number of aromatic nitrogens is 3. The first kappa shape index (κ1) is 23.1. The smallest absolute Gasteiger partial charge is 0.246 e. The quantitative estimate of drug-likeness (QED) is 0.422. The Morgan fingerprint density at radius 2 is 1.92 bits per heavy atom. The molecule has 4 aromatic rings. The predicted molar refractivity (Wildman–Crippen MR) is 137 cm³/mol. The van der Waals surface area contributed by atoms with Crippen molar-refractivity contribution in [3.63, 3.8) is 0 Å². The number of H-pyrrole nitrogens is 1. The monoisotopic (exact) mass is 499 g/mol. The van der Waals surface area contributed by atoms with Crippen LogP contribution in [0, 0.1) is 0 Å². The maximum Gasteiger partial charge on any atom is 0.246 e. The van der Waals surface area contributed by atoms with Gasteiger partial charge in [0, 0.05) is 54.1 Å². The summed E-state index contributed by atoms with van der Waals surface area (Å²) in [5, 5.41) is 1.07. The second-order valence-electron chi connectivity index (χ2n) is 9.48. The highest BCUT2D eigenvalue weighted by Gasteiger charge is 2.48. The highest BCUT2D eigenvalue weighted by atomic mass is 16.5. The maximum absolute atomic E-state index is 13.9. The third-order valence-electron chi connectivity index (χ3n) is 7.47. The highest BCUT2D eigenvalue weighted by molar-refractivity contribution is 5.97. The molecule has 190 valence electrons. The summed E-state index contributed by atoms with van der Waals surface area (Å²) < 4.78 is 13.3. The predicted octanol–water partition coefficient (Wildman–Crippen LogP) is 3.16. The summed E-state index contributed by atoms with van der Waals surface area (Å²) in [6, 6.07) is 12.6. The Bertz CT molecular complexity index is 1460. The van der Waals surface area contributed by atoms with Crippen molar-refractivity contribution in [3.05, 3.63) is 78.0 Å². The third-order valence-corrected chi connectivity index (χ3v) is 7.47. The van der Waals surface area contributed by atoms with Crippen LogP contribution < -0.4 is 9.47 Å². The molecule has 0 aliphatic carbocycles. The number of rotatable bonds is 7. The molecule has 2 aliphatic rings. The summed E-state index contributed by atoms with van der Waals surface area (Å²) in [5.74, 6) is 1.04. The molecule has 0 spiro atoms. The highest BCUT2D eigenvalue weighted by Crippen LogP contribution is 2.46. The van der Waals surface area contributed by atoms with Gasteiger partial charge < -0.3 is 28.8 Å². The van der Waals surface area contributed by atoms with Crippen molar-refractivity contribution in [2.24, 2.45) is 0 Å². The summed E-state index contributed by atoms with van der Waals surface area (Å²) in [7, 11) is 3.19. The Balaban J connectivity index is 1.42. The summed E-state index contributed by atoms with van der Waals surface area (Å²) >= 11 is 0. The van der Waals surface area contributed by atoms with Gasteiger partial charge in [-0.1, -0.05) is 30.3 Å². The van der Waals surface area contributed by atoms with E-state index in [-0.39, 0.29) is 18.4 Å². The van der Waals surface area contributed by atoms with Crippen LogP contribution in [0.25, 0.3) is 10.9 Å². The number of hydrogen-bond donors (Lipinski definition) is 1. The number of carbonyl (C=O) groups excluding carboxylic acids is 2. The van der Waals surface area contributed by atoms with E-state index in [0.29, 0.717) is 24.5 Å². The second-order valence-corrected chi connectivity index (χ2v) is 9.48. The normalized spacial score (nSPS) is 19.2. The van der Waals surface area contributed by atoms with Gasteiger partial charge in [0.05, 0.1) is 27.1 Å². The lowest BCUT2D eigenvalue weighted by molar-refractivity contribution is -0.158.